The Hall–Kier alpha value is -2.54. The molecule has 33 heavy (non-hydrogen) atoms. The van der Waals surface area contributed by atoms with Gasteiger partial charge in [-0.15, -0.1) is 23.5 Å². The highest BCUT2D eigenvalue weighted by Gasteiger charge is 2.19. The standard InChI is InChI=1S/C27H24O3S3/c1-32-25-12-21-22(13-26(25)33-2)27(20-10-8-19(16-31)9-11-20)24(30-17-28)14-23(21)29-15-18-6-4-3-5-7-18/h3-14,17,31H,15-16H2,1-2H3. The number of hydrogen-bond acceptors (Lipinski definition) is 6. The van der Waals surface area contributed by atoms with E-state index in [0.717, 1.165) is 33.0 Å². The molecular weight excluding hydrogens is 468 g/mol. The minimum Gasteiger partial charge on any atom is -0.488 e. The summed E-state index contributed by atoms with van der Waals surface area (Å²) in [4.78, 5) is 13.8. The van der Waals surface area contributed by atoms with Crippen LogP contribution in [0.25, 0.3) is 21.9 Å². The third kappa shape index (κ3) is 5.18. The van der Waals surface area contributed by atoms with Crippen LogP contribution in [0.1, 0.15) is 11.1 Å². The van der Waals surface area contributed by atoms with Crippen LogP contribution in [0, 0.1) is 0 Å². The summed E-state index contributed by atoms with van der Waals surface area (Å²) in [6.45, 7) is 0.894. The summed E-state index contributed by atoms with van der Waals surface area (Å²) in [5.41, 5.74) is 4.04. The fraction of sp³-hybridized carbons (Fsp3) is 0.148. The van der Waals surface area contributed by atoms with Gasteiger partial charge in [-0.3, -0.25) is 4.79 Å². The maximum Gasteiger partial charge on any atom is 0.298 e. The van der Waals surface area contributed by atoms with Gasteiger partial charge in [0.05, 0.1) is 0 Å². The molecule has 4 aromatic rings. The van der Waals surface area contributed by atoms with Gasteiger partial charge in [-0.1, -0.05) is 54.6 Å². The maximum atomic E-state index is 11.4. The lowest BCUT2D eigenvalue weighted by Gasteiger charge is -2.18. The Kier molecular flexibility index (Phi) is 7.91. The van der Waals surface area contributed by atoms with Gasteiger partial charge in [0.2, 0.25) is 0 Å². The summed E-state index contributed by atoms with van der Waals surface area (Å²) in [5, 5.41) is 1.97. The quantitative estimate of drug-likeness (QED) is 0.149. The molecule has 0 amide bonds. The van der Waals surface area contributed by atoms with Crippen molar-refractivity contribution in [1.29, 1.82) is 0 Å². The van der Waals surface area contributed by atoms with Crippen LogP contribution >= 0.6 is 36.2 Å². The zero-order chi connectivity index (χ0) is 23.2. The van der Waals surface area contributed by atoms with Gasteiger partial charge in [-0.2, -0.15) is 12.6 Å². The molecule has 0 spiro atoms. The van der Waals surface area contributed by atoms with E-state index in [2.05, 4.69) is 37.3 Å². The van der Waals surface area contributed by atoms with Gasteiger partial charge in [0.1, 0.15) is 18.1 Å². The topological polar surface area (TPSA) is 35.5 Å². The largest absolute Gasteiger partial charge is 0.488 e. The Balaban J connectivity index is 1.94. The van der Waals surface area contributed by atoms with Crippen LogP contribution in [0.3, 0.4) is 0 Å². The monoisotopic (exact) mass is 492 g/mol. The minimum atomic E-state index is 0.422. The predicted octanol–water partition coefficient (Wildman–Crippen LogP) is 7.49. The molecule has 0 aliphatic carbocycles. The molecule has 4 aromatic carbocycles. The van der Waals surface area contributed by atoms with Crippen molar-refractivity contribution in [3.63, 3.8) is 0 Å². The van der Waals surface area contributed by atoms with Crippen LogP contribution in [0.5, 0.6) is 11.5 Å². The van der Waals surface area contributed by atoms with Crippen molar-refractivity contribution in [1.82, 2.24) is 0 Å². The van der Waals surface area contributed by atoms with E-state index in [0.29, 0.717) is 30.3 Å². The summed E-state index contributed by atoms with van der Waals surface area (Å²) in [5.74, 6) is 1.83. The van der Waals surface area contributed by atoms with Gasteiger partial charge in [-0.25, -0.2) is 0 Å². The van der Waals surface area contributed by atoms with Crippen LogP contribution in [0.15, 0.2) is 82.6 Å². The van der Waals surface area contributed by atoms with Crippen LogP contribution in [0.2, 0.25) is 0 Å². The Morgan fingerprint density at radius 3 is 2.09 bits per heavy atom. The second-order valence-corrected chi connectivity index (χ2v) is 9.36. The molecule has 3 nitrogen and oxygen atoms in total. The molecule has 0 fully saturated rings. The van der Waals surface area contributed by atoms with Gasteiger partial charge in [-0.05, 0) is 46.7 Å². The molecule has 0 unspecified atom stereocenters. The molecule has 0 aliphatic heterocycles. The Morgan fingerprint density at radius 1 is 0.818 bits per heavy atom. The number of rotatable bonds is 9. The molecule has 6 heteroatoms. The minimum absolute atomic E-state index is 0.422. The lowest BCUT2D eigenvalue weighted by atomic mass is 9.95. The molecule has 0 saturated heterocycles. The SMILES string of the molecule is CSc1cc2c(OCc3ccccc3)cc(OC=O)c(-c3ccc(CS)cc3)c2cc1SC. The molecule has 168 valence electrons. The first-order chi connectivity index (χ1) is 16.2. The second-order valence-electron chi connectivity index (χ2n) is 7.34. The maximum absolute atomic E-state index is 11.4. The van der Waals surface area contributed by atoms with Gasteiger partial charge in [0.25, 0.3) is 6.47 Å². The highest BCUT2D eigenvalue weighted by Crippen LogP contribution is 2.45. The van der Waals surface area contributed by atoms with E-state index >= 15 is 0 Å². The normalized spacial score (nSPS) is 10.9. The molecular formula is C27H24O3S3. The zero-order valence-corrected chi connectivity index (χ0v) is 20.9. The van der Waals surface area contributed by atoms with Crippen molar-refractivity contribution < 1.29 is 14.3 Å². The van der Waals surface area contributed by atoms with Crippen LogP contribution in [-0.4, -0.2) is 19.0 Å². The number of benzene rings is 4. The number of thioether (sulfide) groups is 2. The highest BCUT2D eigenvalue weighted by atomic mass is 32.2. The Bertz CT molecular complexity index is 1260. The van der Waals surface area contributed by atoms with Gasteiger partial charge in [0, 0.05) is 32.6 Å². The summed E-state index contributed by atoms with van der Waals surface area (Å²) >= 11 is 7.77. The second kappa shape index (κ2) is 11.1. The summed E-state index contributed by atoms with van der Waals surface area (Å²) < 4.78 is 11.8. The average molecular weight is 493 g/mol. The number of fused-ring (bicyclic) bond motifs is 1. The fourth-order valence-corrected chi connectivity index (χ4v) is 5.47. The zero-order valence-electron chi connectivity index (χ0n) is 18.4. The molecule has 0 heterocycles. The predicted molar refractivity (Wildman–Crippen MR) is 143 cm³/mol. The van der Waals surface area contributed by atoms with Crippen LogP contribution in [-0.2, 0) is 17.2 Å². The number of thiol groups is 1. The first-order valence-corrected chi connectivity index (χ1v) is 13.5. The summed E-state index contributed by atoms with van der Waals surface area (Å²) in [6.07, 6.45) is 4.15. The molecule has 0 aromatic heterocycles. The summed E-state index contributed by atoms with van der Waals surface area (Å²) in [7, 11) is 0. The molecule has 0 aliphatic rings. The van der Waals surface area contributed by atoms with Crippen LogP contribution < -0.4 is 9.47 Å². The van der Waals surface area contributed by atoms with E-state index in [4.69, 9.17) is 9.47 Å². The van der Waals surface area contributed by atoms with E-state index in [1.807, 2.05) is 60.7 Å². The molecule has 0 saturated carbocycles. The van der Waals surface area contributed by atoms with Gasteiger partial charge < -0.3 is 9.47 Å². The lowest BCUT2D eigenvalue weighted by molar-refractivity contribution is -0.120. The number of carbonyl (C=O) groups excluding carboxylic acids is 1. The number of hydrogen-bond donors (Lipinski definition) is 1. The first kappa shape index (κ1) is 23.6. The number of carbonyl (C=O) groups is 1. The molecule has 0 bridgehead atoms. The third-order valence-electron chi connectivity index (χ3n) is 5.40. The first-order valence-electron chi connectivity index (χ1n) is 10.4. The molecule has 0 radical (unpaired) electrons. The molecule has 4 rings (SSSR count). The van der Waals surface area contributed by atoms with Crippen molar-refractivity contribution >= 4 is 53.4 Å². The third-order valence-corrected chi connectivity index (χ3v) is 7.45. The van der Waals surface area contributed by atoms with E-state index in [1.165, 1.54) is 9.79 Å². The van der Waals surface area contributed by atoms with E-state index in [1.54, 1.807) is 23.5 Å². The van der Waals surface area contributed by atoms with Gasteiger partial charge >= 0.3 is 0 Å². The van der Waals surface area contributed by atoms with Crippen molar-refractivity contribution in [2.24, 2.45) is 0 Å². The van der Waals surface area contributed by atoms with E-state index < -0.39 is 0 Å². The lowest BCUT2D eigenvalue weighted by Crippen LogP contribution is -2.00. The highest BCUT2D eigenvalue weighted by molar-refractivity contribution is 8.01. The fourth-order valence-electron chi connectivity index (χ4n) is 3.77. The van der Waals surface area contributed by atoms with E-state index in [9.17, 15) is 4.79 Å². The molecule has 0 N–H and O–H groups in total. The average Bonchev–Trinajstić information content (AvgIpc) is 2.87. The van der Waals surface area contributed by atoms with Crippen molar-refractivity contribution in [3.05, 3.63) is 83.9 Å². The van der Waals surface area contributed by atoms with Crippen LogP contribution in [0.4, 0.5) is 0 Å². The summed E-state index contributed by atoms with van der Waals surface area (Å²) in [6, 6.07) is 24.4. The molecule has 0 atom stereocenters. The Labute approximate surface area is 208 Å². The Morgan fingerprint density at radius 2 is 1.48 bits per heavy atom. The van der Waals surface area contributed by atoms with E-state index in [-0.39, 0.29) is 0 Å². The van der Waals surface area contributed by atoms with Gasteiger partial charge in [0.15, 0.2) is 0 Å². The van der Waals surface area contributed by atoms with Crippen molar-refractivity contribution in [2.75, 3.05) is 12.5 Å². The number of ether oxygens (including phenoxy) is 2. The van der Waals surface area contributed by atoms with Crippen molar-refractivity contribution in [3.8, 4) is 22.6 Å². The smallest absolute Gasteiger partial charge is 0.298 e. The van der Waals surface area contributed by atoms with Crippen molar-refractivity contribution in [2.45, 2.75) is 22.2 Å².